The van der Waals surface area contributed by atoms with Crippen LogP contribution in [0.5, 0.6) is 0 Å². The van der Waals surface area contributed by atoms with Crippen LogP contribution in [-0.2, 0) is 19.9 Å². The lowest BCUT2D eigenvalue weighted by Crippen LogP contribution is -2.31. The zero-order valence-electron chi connectivity index (χ0n) is 12.8. The van der Waals surface area contributed by atoms with Gasteiger partial charge < -0.3 is 5.32 Å². The molecule has 0 bridgehead atoms. The molecule has 1 aliphatic rings. The third kappa shape index (κ3) is 4.34. The van der Waals surface area contributed by atoms with Gasteiger partial charge >= 0.3 is 0 Å². The van der Waals surface area contributed by atoms with Gasteiger partial charge in [0, 0.05) is 18.8 Å². The van der Waals surface area contributed by atoms with Gasteiger partial charge in [-0.15, -0.1) is 0 Å². The molecule has 0 aliphatic heterocycles. The molecule has 19 heavy (non-hydrogen) atoms. The summed E-state index contributed by atoms with van der Waals surface area (Å²) in [6.45, 7) is 5.59. The lowest BCUT2D eigenvalue weighted by Gasteiger charge is -2.17. The summed E-state index contributed by atoms with van der Waals surface area (Å²) < 4.78 is 2.06. The predicted octanol–water partition coefficient (Wildman–Crippen LogP) is 3.08. The summed E-state index contributed by atoms with van der Waals surface area (Å²) in [4.78, 5) is 0. The Morgan fingerprint density at radius 1 is 1.42 bits per heavy atom. The first-order chi connectivity index (χ1) is 9.24. The summed E-state index contributed by atoms with van der Waals surface area (Å²) >= 11 is 0. The first-order valence-corrected chi connectivity index (χ1v) is 7.99. The molecule has 1 unspecified atom stereocenters. The van der Waals surface area contributed by atoms with Crippen LogP contribution in [-0.4, -0.2) is 22.4 Å². The normalized spacial score (nSPS) is 16.8. The van der Waals surface area contributed by atoms with Crippen LogP contribution in [0.2, 0.25) is 0 Å². The van der Waals surface area contributed by atoms with Gasteiger partial charge in [0.05, 0.1) is 5.69 Å². The molecule has 1 heterocycles. The van der Waals surface area contributed by atoms with Crippen molar-refractivity contribution in [2.75, 3.05) is 6.54 Å². The Bertz CT molecular complexity index is 379. The molecule has 0 saturated heterocycles. The Labute approximate surface area is 117 Å². The molecule has 108 valence electrons. The molecule has 0 spiro atoms. The molecule has 0 amide bonds. The second-order valence-corrected chi connectivity index (χ2v) is 5.89. The second-order valence-electron chi connectivity index (χ2n) is 5.89. The van der Waals surface area contributed by atoms with E-state index in [4.69, 9.17) is 0 Å². The van der Waals surface area contributed by atoms with E-state index in [0.717, 1.165) is 18.4 Å². The van der Waals surface area contributed by atoms with Crippen LogP contribution in [0.1, 0.15) is 57.3 Å². The van der Waals surface area contributed by atoms with E-state index in [1.165, 1.54) is 56.5 Å². The van der Waals surface area contributed by atoms with E-state index in [1.54, 1.807) is 0 Å². The second kappa shape index (κ2) is 7.09. The summed E-state index contributed by atoms with van der Waals surface area (Å²) in [6.07, 6.45) is 8.92. The summed E-state index contributed by atoms with van der Waals surface area (Å²) in [5.41, 5.74) is 2.61. The molecule has 1 fully saturated rings. The van der Waals surface area contributed by atoms with Gasteiger partial charge in [0.25, 0.3) is 0 Å². The van der Waals surface area contributed by atoms with Crippen molar-refractivity contribution in [1.29, 1.82) is 0 Å². The highest BCUT2D eigenvalue weighted by atomic mass is 15.3. The number of rotatable bonds is 9. The average molecular weight is 263 g/mol. The Morgan fingerprint density at radius 2 is 2.21 bits per heavy atom. The van der Waals surface area contributed by atoms with Gasteiger partial charge in [-0.3, -0.25) is 4.68 Å². The molecular formula is C16H29N3. The van der Waals surface area contributed by atoms with E-state index in [9.17, 15) is 0 Å². The zero-order chi connectivity index (χ0) is 13.7. The molecule has 1 aromatic rings. The number of hydrogen-bond acceptors (Lipinski definition) is 2. The van der Waals surface area contributed by atoms with E-state index in [2.05, 4.69) is 42.1 Å². The Hall–Kier alpha value is -0.830. The van der Waals surface area contributed by atoms with Gasteiger partial charge in [0.1, 0.15) is 0 Å². The molecule has 2 rings (SSSR count). The lowest BCUT2D eigenvalue weighted by atomic mass is 10.0. The third-order valence-corrected chi connectivity index (χ3v) is 4.19. The first-order valence-electron chi connectivity index (χ1n) is 7.99. The summed E-state index contributed by atoms with van der Waals surface area (Å²) in [5.74, 6) is 0.962. The monoisotopic (exact) mass is 263 g/mol. The van der Waals surface area contributed by atoms with Crippen molar-refractivity contribution in [1.82, 2.24) is 15.1 Å². The molecule has 1 saturated carbocycles. The smallest absolute Gasteiger partial charge is 0.0624 e. The fraction of sp³-hybridized carbons (Fsp3) is 0.812. The fourth-order valence-electron chi connectivity index (χ4n) is 2.81. The van der Waals surface area contributed by atoms with Crippen molar-refractivity contribution in [2.45, 2.75) is 64.8 Å². The van der Waals surface area contributed by atoms with E-state index < -0.39 is 0 Å². The van der Waals surface area contributed by atoms with E-state index in [-0.39, 0.29) is 0 Å². The van der Waals surface area contributed by atoms with Crippen molar-refractivity contribution >= 4 is 0 Å². The standard InChI is InChI=1S/C16H29N3/c1-4-11-17-16(13-9-10-13)8-6-7-15-12-14(5-2)18-19(15)3/h12-13,16-17H,4-11H2,1-3H3. The van der Waals surface area contributed by atoms with Crippen molar-refractivity contribution in [3.8, 4) is 0 Å². The number of hydrogen-bond donors (Lipinski definition) is 1. The Kier molecular flexibility index (Phi) is 5.44. The van der Waals surface area contributed by atoms with Crippen LogP contribution in [0.25, 0.3) is 0 Å². The topological polar surface area (TPSA) is 29.9 Å². The van der Waals surface area contributed by atoms with Crippen molar-refractivity contribution in [3.05, 3.63) is 17.5 Å². The molecule has 0 radical (unpaired) electrons. The third-order valence-electron chi connectivity index (χ3n) is 4.19. The van der Waals surface area contributed by atoms with E-state index in [1.807, 2.05) is 0 Å². The average Bonchev–Trinajstić information content (AvgIpc) is 3.18. The van der Waals surface area contributed by atoms with Crippen LogP contribution < -0.4 is 5.32 Å². The van der Waals surface area contributed by atoms with Gasteiger partial charge in [-0.1, -0.05) is 13.8 Å². The molecule has 0 aromatic carbocycles. The zero-order valence-corrected chi connectivity index (χ0v) is 12.8. The van der Waals surface area contributed by atoms with Gasteiger partial charge in [0.15, 0.2) is 0 Å². The van der Waals surface area contributed by atoms with Crippen molar-refractivity contribution in [3.63, 3.8) is 0 Å². The van der Waals surface area contributed by atoms with Gasteiger partial charge in [0.2, 0.25) is 0 Å². The van der Waals surface area contributed by atoms with E-state index in [0.29, 0.717) is 0 Å². The minimum absolute atomic E-state index is 0.763. The summed E-state index contributed by atoms with van der Waals surface area (Å²) in [6, 6.07) is 3.03. The fourth-order valence-corrected chi connectivity index (χ4v) is 2.81. The maximum Gasteiger partial charge on any atom is 0.0624 e. The number of aryl methyl sites for hydroxylation is 3. The number of aromatic nitrogens is 2. The SMILES string of the molecule is CCCNC(CCCc1cc(CC)nn1C)C1CC1. The summed E-state index contributed by atoms with van der Waals surface area (Å²) in [7, 11) is 2.07. The number of nitrogens with one attached hydrogen (secondary N) is 1. The largest absolute Gasteiger partial charge is 0.314 e. The minimum atomic E-state index is 0.763. The highest BCUT2D eigenvalue weighted by Crippen LogP contribution is 2.34. The lowest BCUT2D eigenvalue weighted by molar-refractivity contribution is 0.423. The summed E-state index contributed by atoms with van der Waals surface area (Å²) in [5, 5.41) is 8.25. The molecule has 1 aromatic heterocycles. The molecular weight excluding hydrogens is 234 g/mol. The van der Waals surface area contributed by atoms with Gasteiger partial charge in [-0.25, -0.2) is 0 Å². The van der Waals surface area contributed by atoms with Crippen LogP contribution in [0.4, 0.5) is 0 Å². The van der Waals surface area contributed by atoms with Crippen LogP contribution >= 0.6 is 0 Å². The number of nitrogens with zero attached hydrogens (tertiary/aromatic N) is 2. The minimum Gasteiger partial charge on any atom is -0.314 e. The van der Waals surface area contributed by atoms with Gasteiger partial charge in [-0.2, -0.15) is 5.10 Å². The quantitative estimate of drug-likeness (QED) is 0.742. The molecule has 1 atom stereocenters. The highest BCUT2D eigenvalue weighted by molar-refractivity contribution is 5.10. The van der Waals surface area contributed by atoms with Crippen molar-refractivity contribution in [2.24, 2.45) is 13.0 Å². The molecule has 3 heteroatoms. The Morgan fingerprint density at radius 3 is 2.79 bits per heavy atom. The Balaban J connectivity index is 1.75. The van der Waals surface area contributed by atoms with E-state index >= 15 is 0 Å². The maximum absolute atomic E-state index is 4.52. The van der Waals surface area contributed by atoms with Crippen LogP contribution in [0.15, 0.2) is 6.07 Å². The van der Waals surface area contributed by atoms with Gasteiger partial charge in [-0.05, 0) is 63.5 Å². The van der Waals surface area contributed by atoms with Crippen LogP contribution in [0.3, 0.4) is 0 Å². The van der Waals surface area contributed by atoms with Crippen LogP contribution in [0, 0.1) is 5.92 Å². The molecule has 3 nitrogen and oxygen atoms in total. The molecule has 1 N–H and O–H groups in total. The predicted molar refractivity (Wildman–Crippen MR) is 80.3 cm³/mol. The molecule has 1 aliphatic carbocycles. The first kappa shape index (κ1) is 14.6. The van der Waals surface area contributed by atoms with Crippen molar-refractivity contribution < 1.29 is 0 Å². The maximum atomic E-state index is 4.52. The highest BCUT2D eigenvalue weighted by Gasteiger charge is 2.30.